The van der Waals surface area contributed by atoms with Crippen molar-refractivity contribution >= 4 is 44.8 Å². The van der Waals surface area contributed by atoms with Gasteiger partial charge in [-0.1, -0.05) is 36.4 Å². The molecule has 4 rings (SSSR count). The van der Waals surface area contributed by atoms with Crippen molar-refractivity contribution in [1.82, 2.24) is 9.97 Å². The Balaban J connectivity index is 1.78. The summed E-state index contributed by atoms with van der Waals surface area (Å²) in [5.41, 5.74) is 3.54. The molecule has 0 fully saturated rings. The third-order valence-electron chi connectivity index (χ3n) is 4.54. The van der Waals surface area contributed by atoms with Crippen LogP contribution in [-0.2, 0) is 10.0 Å². The summed E-state index contributed by atoms with van der Waals surface area (Å²) in [7, 11) is -3.82. The topological polar surface area (TPSA) is 122 Å². The molecular formula is C22H17N5O2S3. The highest BCUT2D eigenvalue weighted by molar-refractivity contribution is 8.00. The summed E-state index contributed by atoms with van der Waals surface area (Å²) in [6.07, 6.45) is 3.56. The number of nitriles is 1. The van der Waals surface area contributed by atoms with Crippen LogP contribution in [0.2, 0.25) is 0 Å². The van der Waals surface area contributed by atoms with Crippen molar-refractivity contribution in [3.63, 3.8) is 0 Å². The number of rotatable bonds is 6. The number of primary sulfonamides is 1. The Hall–Kier alpha value is -3.23. The second kappa shape index (κ2) is 9.10. The maximum Gasteiger partial charge on any atom is 0.238 e. The van der Waals surface area contributed by atoms with Crippen LogP contribution in [-0.4, -0.2) is 24.6 Å². The Morgan fingerprint density at radius 2 is 1.91 bits per heavy atom. The number of thioether (sulfide) groups is 1. The van der Waals surface area contributed by atoms with Crippen LogP contribution in [0.5, 0.6) is 0 Å². The number of hydrogen-bond acceptors (Lipinski definition) is 8. The van der Waals surface area contributed by atoms with E-state index in [1.165, 1.54) is 35.2 Å². The Labute approximate surface area is 194 Å². The van der Waals surface area contributed by atoms with Crippen molar-refractivity contribution < 1.29 is 8.42 Å². The van der Waals surface area contributed by atoms with Gasteiger partial charge in [-0.25, -0.2) is 23.5 Å². The molecule has 0 aliphatic rings. The normalized spacial score (nSPS) is 11.2. The van der Waals surface area contributed by atoms with Crippen molar-refractivity contribution in [2.24, 2.45) is 5.14 Å². The van der Waals surface area contributed by atoms with Gasteiger partial charge in [0.1, 0.15) is 6.07 Å². The molecular weight excluding hydrogens is 462 g/mol. The lowest BCUT2D eigenvalue weighted by molar-refractivity contribution is 0.598. The zero-order chi connectivity index (χ0) is 22.7. The predicted octanol–water partition coefficient (Wildman–Crippen LogP) is 4.86. The number of sulfonamides is 1. The Bertz CT molecular complexity index is 1430. The van der Waals surface area contributed by atoms with Gasteiger partial charge in [-0.3, -0.25) is 0 Å². The highest BCUT2D eigenvalue weighted by Crippen LogP contribution is 2.45. The van der Waals surface area contributed by atoms with E-state index in [9.17, 15) is 13.7 Å². The van der Waals surface area contributed by atoms with E-state index >= 15 is 0 Å². The first-order chi connectivity index (χ1) is 15.4. The summed E-state index contributed by atoms with van der Waals surface area (Å²) < 4.78 is 24.2. The van der Waals surface area contributed by atoms with Crippen molar-refractivity contribution in [3.8, 4) is 27.8 Å². The molecule has 7 nitrogen and oxygen atoms in total. The third kappa shape index (κ3) is 4.51. The standard InChI is InChI=1S/C22H17N5O2S3/c1-30-21-17(13-23)19(14-6-3-2-4-7-14)20(31-21)18-10-11-25-22(27-18)26-15-8-5-9-16(12-15)32(24,28)29/h2-12H,1H3,(H2,24,28,29)(H,25,26,27). The maximum absolute atomic E-state index is 11.6. The fourth-order valence-electron chi connectivity index (χ4n) is 3.14. The molecule has 160 valence electrons. The van der Waals surface area contributed by atoms with Gasteiger partial charge in [-0.2, -0.15) is 5.26 Å². The molecule has 0 aliphatic carbocycles. The van der Waals surface area contributed by atoms with Gasteiger partial charge in [0.15, 0.2) is 0 Å². The number of benzene rings is 2. The molecule has 0 amide bonds. The molecule has 2 aromatic carbocycles. The fourth-order valence-corrected chi connectivity index (χ4v) is 5.61. The first-order valence-corrected chi connectivity index (χ1v) is 12.9. The molecule has 4 aromatic rings. The van der Waals surface area contributed by atoms with E-state index in [1.54, 1.807) is 24.4 Å². The minimum Gasteiger partial charge on any atom is -0.324 e. The van der Waals surface area contributed by atoms with E-state index in [0.29, 0.717) is 22.9 Å². The molecule has 0 saturated heterocycles. The first kappa shape index (κ1) is 22.0. The molecule has 0 spiro atoms. The summed E-state index contributed by atoms with van der Waals surface area (Å²) in [6.45, 7) is 0. The summed E-state index contributed by atoms with van der Waals surface area (Å²) in [5, 5.41) is 18.1. The minimum absolute atomic E-state index is 0.00782. The van der Waals surface area contributed by atoms with Gasteiger partial charge >= 0.3 is 0 Å². The zero-order valence-corrected chi connectivity index (χ0v) is 19.3. The summed E-state index contributed by atoms with van der Waals surface area (Å²) in [6, 6.07) is 20.0. The molecule has 2 aromatic heterocycles. The van der Waals surface area contributed by atoms with Crippen LogP contribution in [0.4, 0.5) is 11.6 Å². The van der Waals surface area contributed by atoms with Crippen LogP contribution < -0.4 is 10.5 Å². The molecule has 10 heteroatoms. The zero-order valence-electron chi connectivity index (χ0n) is 16.8. The molecule has 0 aliphatic heterocycles. The van der Waals surface area contributed by atoms with E-state index in [-0.39, 0.29) is 4.90 Å². The Morgan fingerprint density at radius 3 is 2.59 bits per heavy atom. The Kier molecular flexibility index (Phi) is 6.25. The number of thiophene rings is 1. The molecule has 32 heavy (non-hydrogen) atoms. The molecule has 0 atom stereocenters. The second-order valence-electron chi connectivity index (χ2n) is 6.61. The van der Waals surface area contributed by atoms with Gasteiger partial charge in [0.05, 0.1) is 25.2 Å². The second-order valence-corrected chi connectivity index (χ2v) is 10.3. The van der Waals surface area contributed by atoms with Crippen molar-refractivity contribution in [1.29, 1.82) is 5.26 Å². The maximum atomic E-state index is 11.6. The predicted molar refractivity (Wildman–Crippen MR) is 128 cm³/mol. The van der Waals surface area contributed by atoms with Gasteiger partial charge in [0.2, 0.25) is 16.0 Å². The largest absolute Gasteiger partial charge is 0.324 e. The minimum atomic E-state index is -3.82. The average molecular weight is 480 g/mol. The molecule has 0 radical (unpaired) electrons. The number of nitrogens with two attached hydrogens (primary N) is 1. The SMILES string of the molecule is CSc1sc(-c2ccnc(Nc3cccc(S(N)(=O)=O)c3)n2)c(-c2ccccc2)c1C#N. The van der Waals surface area contributed by atoms with E-state index in [2.05, 4.69) is 21.4 Å². The first-order valence-electron chi connectivity index (χ1n) is 9.30. The van der Waals surface area contributed by atoms with Gasteiger partial charge in [-0.15, -0.1) is 23.1 Å². The average Bonchev–Trinajstić information content (AvgIpc) is 3.18. The third-order valence-corrected chi connectivity index (χ3v) is 7.79. The molecule has 3 N–H and O–H groups in total. The number of hydrogen-bond donors (Lipinski definition) is 2. The molecule has 2 heterocycles. The van der Waals surface area contributed by atoms with Crippen LogP contribution in [0, 0.1) is 11.3 Å². The molecule has 0 bridgehead atoms. The lowest BCUT2D eigenvalue weighted by Crippen LogP contribution is -2.12. The van der Waals surface area contributed by atoms with Crippen molar-refractivity contribution in [2.45, 2.75) is 9.10 Å². The van der Waals surface area contributed by atoms with E-state index in [0.717, 1.165) is 20.2 Å². The quantitative estimate of drug-likeness (QED) is 0.379. The summed E-state index contributed by atoms with van der Waals surface area (Å²) in [5.74, 6) is 0.297. The van der Waals surface area contributed by atoms with Crippen LogP contribution in [0.1, 0.15) is 5.56 Å². The van der Waals surface area contributed by atoms with Crippen molar-refractivity contribution in [3.05, 3.63) is 72.4 Å². The van der Waals surface area contributed by atoms with Gasteiger partial charge < -0.3 is 5.32 Å². The Morgan fingerprint density at radius 1 is 1.12 bits per heavy atom. The van der Waals surface area contributed by atoms with Gasteiger partial charge in [0.25, 0.3) is 0 Å². The number of nitrogens with one attached hydrogen (secondary N) is 1. The van der Waals surface area contributed by atoms with E-state index < -0.39 is 10.0 Å². The van der Waals surface area contributed by atoms with E-state index in [4.69, 9.17) is 5.14 Å². The van der Waals surface area contributed by atoms with Crippen LogP contribution >= 0.6 is 23.1 Å². The van der Waals surface area contributed by atoms with Crippen LogP contribution in [0.3, 0.4) is 0 Å². The monoisotopic (exact) mass is 479 g/mol. The number of aromatic nitrogens is 2. The highest BCUT2D eigenvalue weighted by atomic mass is 32.2. The summed E-state index contributed by atoms with van der Waals surface area (Å²) >= 11 is 3.03. The highest BCUT2D eigenvalue weighted by Gasteiger charge is 2.21. The number of anilines is 2. The van der Waals surface area contributed by atoms with Crippen LogP contribution in [0.15, 0.2) is 76.0 Å². The smallest absolute Gasteiger partial charge is 0.238 e. The van der Waals surface area contributed by atoms with Crippen molar-refractivity contribution in [2.75, 3.05) is 11.6 Å². The molecule has 0 unspecified atom stereocenters. The van der Waals surface area contributed by atoms with Crippen LogP contribution in [0.25, 0.3) is 21.7 Å². The lowest BCUT2D eigenvalue weighted by Gasteiger charge is -2.09. The van der Waals surface area contributed by atoms with Gasteiger partial charge in [0, 0.05) is 17.4 Å². The molecule has 0 saturated carbocycles. The summed E-state index contributed by atoms with van der Waals surface area (Å²) in [4.78, 5) is 9.74. The van der Waals surface area contributed by atoms with Gasteiger partial charge in [-0.05, 0) is 36.1 Å². The number of nitrogens with zero attached hydrogens (tertiary/aromatic N) is 3. The fraction of sp³-hybridized carbons (Fsp3) is 0.0455. The van der Waals surface area contributed by atoms with E-state index in [1.807, 2.05) is 36.6 Å². The lowest BCUT2D eigenvalue weighted by atomic mass is 10.0.